The van der Waals surface area contributed by atoms with Crippen molar-refractivity contribution in [3.8, 4) is 39.8 Å². The highest BCUT2D eigenvalue weighted by Gasteiger charge is 2.26. The second-order valence-corrected chi connectivity index (χ2v) is 9.85. The molecule has 0 spiro atoms. The van der Waals surface area contributed by atoms with Gasteiger partial charge in [-0.05, 0) is 42.7 Å². The lowest BCUT2D eigenvalue weighted by atomic mass is 9.99. The van der Waals surface area contributed by atoms with Crippen molar-refractivity contribution >= 4 is 22.8 Å². The molecule has 41 heavy (non-hydrogen) atoms. The van der Waals surface area contributed by atoms with E-state index >= 15 is 0 Å². The summed E-state index contributed by atoms with van der Waals surface area (Å²) >= 11 is 0. The van der Waals surface area contributed by atoms with Gasteiger partial charge in [-0.15, -0.1) is 0 Å². The van der Waals surface area contributed by atoms with Crippen LogP contribution >= 0.6 is 0 Å². The number of rotatable bonds is 7. The van der Waals surface area contributed by atoms with Crippen LogP contribution in [0.15, 0.2) is 74.0 Å². The van der Waals surface area contributed by atoms with E-state index in [1.54, 1.807) is 19.4 Å². The highest BCUT2D eigenvalue weighted by atomic mass is 16.5. The molecule has 5 heterocycles. The Morgan fingerprint density at radius 2 is 1.93 bits per heavy atom. The van der Waals surface area contributed by atoms with Crippen LogP contribution < -0.4 is 15.2 Å². The lowest BCUT2D eigenvalue weighted by Crippen LogP contribution is -2.38. The molecule has 0 unspecified atom stereocenters. The van der Waals surface area contributed by atoms with Crippen LogP contribution in [-0.2, 0) is 11.8 Å². The zero-order valence-electron chi connectivity index (χ0n) is 22.9. The maximum atomic E-state index is 12.0. The van der Waals surface area contributed by atoms with E-state index in [1.165, 1.54) is 12.4 Å². The van der Waals surface area contributed by atoms with Gasteiger partial charge in [-0.3, -0.25) is 9.48 Å². The van der Waals surface area contributed by atoms with Crippen LogP contribution in [0, 0.1) is 0 Å². The number of nitrogens with zero attached hydrogens (tertiary/aromatic N) is 7. The van der Waals surface area contributed by atoms with Gasteiger partial charge < -0.3 is 24.7 Å². The van der Waals surface area contributed by atoms with Crippen molar-refractivity contribution in [2.45, 2.75) is 18.9 Å². The van der Waals surface area contributed by atoms with Gasteiger partial charge in [0.2, 0.25) is 11.8 Å². The zero-order valence-corrected chi connectivity index (χ0v) is 22.9. The van der Waals surface area contributed by atoms with E-state index in [-0.39, 0.29) is 11.9 Å². The minimum Gasteiger partial charge on any atom is -0.493 e. The molecule has 6 rings (SSSR count). The number of nitrogens with two attached hydrogens (primary N) is 1. The van der Waals surface area contributed by atoms with E-state index in [0.29, 0.717) is 41.9 Å². The van der Waals surface area contributed by atoms with Crippen molar-refractivity contribution in [1.82, 2.24) is 34.2 Å². The fraction of sp³-hybridized carbons (Fsp3) is 0.233. The summed E-state index contributed by atoms with van der Waals surface area (Å²) in [4.78, 5) is 26.9. The summed E-state index contributed by atoms with van der Waals surface area (Å²) in [5.74, 6) is 1.90. The second-order valence-electron chi connectivity index (χ2n) is 9.85. The molecular weight excluding hydrogens is 520 g/mol. The third-order valence-electron chi connectivity index (χ3n) is 7.50. The predicted molar refractivity (Wildman–Crippen MR) is 155 cm³/mol. The first-order chi connectivity index (χ1) is 20.0. The van der Waals surface area contributed by atoms with Gasteiger partial charge in [-0.25, -0.2) is 15.0 Å². The van der Waals surface area contributed by atoms with Crippen LogP contribution in [0.3, 0.4) is 0 Å². The number of hydrogen-bond acceptors (Lipinski definition) is 8. The zero-order chi connectivity index (χ0) is 28.5. The number of benzene rings is 1. The van der Waals surface area contributed by atoms with Crippen molar-refractivity contribution in [3.63, 3.8) is 0 Å². The first kappa shape index (κ1) is 26.1. The van der Waals surface area contributed by atoms with Gasteiger partial charge in [0, 0.05) is 49.7 Å². The molecule has 0 aliphatic carbocycles. The Hall–Kier alpha value is -5.19. The summed E-state index contributed by atoms with van der Waals surface area (Å²) in [5, 5.41) is 5.48. The molecule has 1 aliphatic heterocycles. The molecule has 0 bridgehead atoms. The number of carbonyl (C=O) groups excluding carboxylic acids is 1. The minimum atomic E-state index is -0.0321. The van der Waals surface area contributed by atoms with Crippen molar-refractivity contribution in [2.24, 2.45) is 7.05 Å². The summed E-state index contributed by atoms with van der Waals surface area (Å²) in [6.45, 7) is 4.94. The van der Waals surface area contributed by atoms with Crippen LogP contribution in [0.5, 0.6) is 17.4 Å². The quantitative estimate of drug-likeness (QED) is 0.291. The van der Waals surface area contributed by atoms with Crippen molar-refractivity contribution in [1.29, 1.82) is 0 Å². The number of piperidine rings is 1. The maximum Gasteiger partial charge on any atom is 0.245 e. The van der Waals surface area contributed by atoms with Crippen LogP contribution in [0.2, 0.25) is 0 Å². The van der Waals surface area contributed by atoms with Gasteiger partial charge in [-0.1, -0.05) is 18.7 Å². The highest BCUT2D eigenvalue weighted by Crippen LogP contribution is 2.44. The Labute approximate surface area is 236 Å². The number of pyridine rings is 1. The fourth-order valence-electron chi connectivity index (χ4n) is 5.46. The molecule has 2 N–H and O–H groups in total. The van der Waals surface area contributed by atoms with Gasteiger partial charge >= 0.3 is 0 Å². The molecule has 0 saturated carbocycles. The normalized spacial score (nSPS) is 13.9. The number of amides is 1. The molecule has 11 nitrogen and oxygen atoms in total. The van der Waals surface area contributed by atoms with Crippen LogP contribution in [-0.4, -0.2) is 60.3 Å². The number of hydrogen-bond donors (Lipinski definition) is 1. The lowest BCUT2D eigenvalue weighted by Gasteiger charge is -2.31. The van der Waals surface area contributed by atoms with Crippen LogP contribution in [0.4, 0.5) is 5.82 Å². The summed E-state index contributed by atoms with van der Waals surface area (Å²) < 4.78 is 15.7. The molecule has 0 radical (unpaired) electrons. The molecule has 1 saturated heterocycles. The SMILES string of the molecule is C=CC(=O)N1CCC(n2cc(-c3c(-c4ccc(Oc5ccccn5)c(OC)c4)c4c(N)ncnc4n3C)cn2)CC1. The van der Waals surface area contributed by atoms with E-state index < -0.39 is 0 Å². The molecule has 1 aromatic carbocycles. The van der Waals surface area contributed by atoms with Crippen LogP contribution in [0.25, 0.3) is 33.4 Å². The largest absolute Gasteiger partial charge is 0.493 e. The standard InChI is InChI=1S/C30H30N8O3/c1-4-25(39)37-13-10-21(11-14-37)38-17-20(16-35-38)28-26(27-29(31)33-18-34-30(27)36(28)2)19-8-9-22(23(15-19)40-3)41-24-7-5-6-12-32-24/h4-9,12,15-18,21H,1,10-11,13-14H2,2-3H3,(H2,31,33,34). The van der Waals surface area contributed by atoms with Gasteiger partial charge in [0.25, 0.3) is 0 Å². The van der Waals surface area contributed by atoms with E-state index in [4.69, 9.17) is 20.3 Å². The molecule has 208 valence electrons. The molecule has 1 aliphatic rings. The number of nitrogen functional groups attached to an aromatic ring is 1. The lowest BCUT2D eigenvalue weighted by molar-refractivity contribution is -0.127. The number of fused-ring (bicyclic) bond motifs is 1. The first-order valence-corrected chi connectivity index (χ1v) is 13.3. The maximum absolute atomic E-state index is 12.0. The average molecular weight is 551 g/mol. The van der Waals surface area contributed by atoms with E-state index in [2.05, 4.69) is 21.5 Å². The fourth-order valence-corrected chi connectivity index (χ4v) is 5.46. The third-order valence-corrected chi connectivity index (χ3v) is 7.50. The number of aryl methyl sites for hydroxylation is 1. The number of aromatic nitrogens is 6. The van der Waals surface area contributed by atoms with Crippen molar-refractivity contribution in [3.05, 3.63) is 74.0 Å². The topological polar surface area (TPSA) is 126 Å². The van der Waals surface area contributed by atoms with Gasteiger partial charge in [-0.2, -0.15) is 5.10 Å². The van der Waals surface area contributed by atoms with Gasteiger partial charge in [0.15, 0.2) is 11.5 Å². The third kappa shape index (κ3) is 4.75. The Balaban J connectivity index is 1.41. The van der Waals surface area contributed by atoms with Crippen molar-refractivity contribution < 1.29 is 14.3 Å². The van der Waals surface area contributed by atoms with Crippen LogP contribution in [0.1, 0.15) is 18.9 Å². The summed E-state index contributed by atoms with van der Waals surface area (Å²) in [6.07, 6.45) is 10.1. The second kappa shape index (κ2) is 10.8. The number of methoxy groups -OCH3 is 1. The van der Waals surface area contributed by atoms with Crippen molar-refractivity contribution in [2.75, 3.05) is 25.9 Å². The molecule has 11 heteroatoms. The number of carbonyl (C=O) groups is 1. The molecule has 1 fully saturated rings. The number of anilines is 1. The van der Waals surface area contributed by atoms with Gasteiger partial charge in [0.1, 0.15) is 17.8 Å². The Bertz CT molecular complexity index is 1740. The molecule has 4 aromatic heterocycles. The smallest absolute Gasteiger partial charge is 0.245 e. The van der Waals surface area contributed by atoms with E-state index in [0.717, 1.165) is 40.6 Å². The molecule has 5 aromatic rings. The molecule has 0 atom stereocenters. The average Bonchev–Trinajstić information content (AvgIpc) is 3.61. The summed E-state index contributed by atoms with van der Waals surface area (Å²) in [6, 6.07) is 11.4. The molecule has 1 amide bonds. The van der Waals surface area contributed by atoms with E-state index in [1.807, 2.05) is 63.9 Å². The summed E-state index contributed by atoms with van der Waals surface area (Å²) in [5.41, 5.74) is 10.7. The molecular formula is C30H30N8O3. The monoisotopic (exact) mass is 550 g/mol. The minimum absolute atomic E-state index is 0.0321. The Morgan fingerprint density at radius 1 is 1.10 bits per heavy atom. The number of likely N-dealkylation sites (tertiary alicyclic amines) is 1. The highest BCUT2D eigenvalue weighted by molar-refractivity contribution is 6.07. The predicted octanol–water partition coefficient (Wildman–Crippen LogP) is 4.63. The summed E-state index contributed by atoms with van der Waals surface area (Å²) in [7, 11) is 3.56. The number of ether oxygens (including phenoxy) is 2. The van der Waals surface area contributed by atoms with Gasteiger partial charge in [0.05, 0.1) is 30.4 Å². The van der Waals surface area contributed by atoms with E-state index in [9.17, 15) is 4.79 Å². The first-order valence-electron chi connectivity index (χ1n) is 13.3. The Kier molecular flexibility index (Phi) is 6.84. The Morgan fingerprint density at radius 3 is 2.66 bits per heavy atom.